The van der Waals surface area contributed by atoms with Crippen molar-refractivity contribution in [2.24, 2.45) is 28.1 Å². The SMILES string of the molecule is CC[C@H]1CCC23C4OC(O)C12OC1OC(=O)[C@H](OC)C13[C@H](C(C)(C)C)[C@H]4OC(C)=O. The Morgan fingerprint density at radius 3 is 2.60 bits per heavy atom. The summed E-state index contributed by atoms with van der Waals surface area (Å²) < 4.78 is 30.3. The van der Waals surface area contributed by atoms with E-state index in [2.05, 4.69) is 27.7 Å². The lowest BCUT2D eigenvalue weighted by Crippen LogP contribution is -2.59. The Bertz CT molecular complexity index is 790. The number of esters is 2. The van der Waals surface area contributed by atoms with E-state index < -0.39 is 59.3 Å². The van der Waals surface area contributed by atoms with Gasteiger partial charge in [0.1, 0.15) is 17.8 Å². The van der Waals surface area contributed by atoms with E-state index in [9.17, 15) is 14.7 Å². The summed E-state index contributed by atoms with van der Waals surface area (Å²) in [6, 6.07) is 0. The molecule has 5 fully saturated rings. The largest absolute Gasteiger partial charge is 0.459 e. The number of carbonyl (C=O) groups excluding carboxylic acids is 2. The molecule has 2 spiro atoms. The molecule has 0 aromatic carbocycles. The molecule has 1 N–H and O–H groups in total. The van der Waals surface area contributed by atoms with E-state index >= 15 is 0 Å². The standard InChI is InChI=1S/C22H32O8/c1-7-11-8-9-20-14-12(27-10(2)23)13(19(3,4)5)21(20)15(26-6)16(24)29-18(21)30-22(11,20)17(25)28-14/h11-15,17-18,25H,7-9H2,1-6H3/t11-,12+,13-,14?,15-,17?,18?,20?,21?,22?/m0/s1. The smallest absolute Gasteiger partial charge is 0.338 e. The van der Waals surface area contributed by atoms with Gasteiger partial charge in [0.2, 0.25) is 6.29 Å². The molecule has 0 bridgehead atoms. The van der Waals surface area contributed by atoms with Crippen LogP contribution in [0.15, 0.2) is 0 Å². The summed E-state index contributed by atoms with van der Waals surface area (Å²) in [7, 11) is 1.51. The summed E-state index contributed by atoms with van der Waals surface area (Å²) in [5, 5.41) is 11.2. The maximum absolute atomic E-state index is 13.0. The van der Waals surface area contributed by atoms with Crippen molar-refractivity contribution in [3.8, 4) is 0 Å². The average Bonchev–Trinajstić information content (AvgIpc) is 3.30. The number of methoxy groups -OCH3 is 1. The monoisotopic (exact) mass is 424 g/mol. The van der Waals surface area contributed by atoms with Crippen LogP contribution in [0.2, 0.25) is 0 Å². The van der Waals surface area contributed by atoms with Crippen LogP contribution in [-0.2, 0) is 33.3 Å². The number of aliphatic hydroxyl groups excluding tert-OH is 1. The third-order valence-electron chi connectivity index (χ3n) is 8.76. The molecule has 10 atom stereocenters. The zero-order chi connectivity index (χ0) is 21.9. The zero-order valence-electron chi connectivity index (χ0n) is 18.5. The molecule has 6 unspecified atom stereocenters. The topological polar surface area (TPSA) is 101 Å². The number of aliphatic hydroxyl groups is 1. The van der Waals surface area contributed by atoms with Crippen molar-refractivity contribution in [2.45, 2.75) is 90.4 Å². The van der Waals surface area contributed by atoms with Gasteiger partial charge in [-0.05, 0) is 24.2 Å². The van der Waals surface area contributed by atoms with Crippen LogP contribution in [0, 0.1) is 28.1 Å². The highest BCUT2D eigenvalue weighted by atomic mass is 16.8. The molecule has 5 rings (SSSR count). The fourth-order valence-electron chi connectivity index (χ4n) is 8.43. The first-order chi connectivity index (χ1) is 14.0. The molecular formula is C22H32O8. The molecule has 2 saturated carbocycles. The number of hydrogen-bond donors (Lipinski definition) is 1. The number of ether oxygens (including phenoxy) is 5. The Morgan fingerprint density at radius 2 is 2.03 bits per heavy atom. The first-order valence-corrected chi connectivity index (χ1v) is 11.0. The van der Waals surface area contributed by atoms with Gasteiger partial charge in [-0.3, -0.25) is 4.79 Å². The van der Waals surface area contributed by atoms with Crippen LogP contribution in [0.1, 0.15) is 53.9 Å². The van der Waals surface area contributed by atoms with Crippen LogP contribution >= 0.6 is 0 Å². The van der Waals surface area contributed by atoms with Crippen molar-refractivity contribution >= 4 is 11.9 Å². The predicted octanol–water partition coefficient (Wildman–Crippen LogP) is 1.77. The Labute approximate surface area is 176 Å². The van der Waals surface area contributed by atoms with Gasteiger partial charge in [0.15, 0.2) is 12.4 Å². The molecule has 5 aliphatic rings. The summed E-state index contributed by atoms with van der Waals surface area (Å²) in [5.74, 6) is -1.18. The quantitative estimate of drug-likeness (QED) is 0.684. The van der Waals surface area contributed by atoms with E-state index in [1.807, 2.05) is 0 Å². The van der Waals surface area contributed by atoms with Gasteiger partial charge in [-0.25, -0.2) is 4.79 Å². The lowest BCUT2D eigenvalue weighted by Gasteiger charge is -2.48. The number of hydrogen-bond acceptors (Lipinski definition) is 8. The van der Waals surface area contributed by atoms with Gasteiger partial charge in [-0.15, -0.1) is 0 Å². The van der Waals surface area contributed by atoms with Crippen LogP contribution < -0.4 is 0 Å². The van der Waals surface area contributed by atoms with Crippen molar-refractivity contribution in [2.75, 3.05) is 7.11 Å². The minimum absolute atomic E-state index is 0.0351. The second kappa shape index (κ2) is 5.97. The predicted molar refractivity (Wildman–Crippen MR) is 102 cm³/mol. The van der Waals surface area contributed by atoms with Crippen molar-refractivity contribution in [3.05, 3.63) is 0 Å². The molecule has 30 heavy (non-hydrogen) atoms. The van der Waals surface area contributed by atoms with Gasteiger partial charge < -0.3 is 28.8 Å². The zero-order valence-corrected chi connectivity index (χ0v) is 18.5. The van der Waals surface area contributed by atoms with E-state index in [0.717, 1.165) is 12.8 Å². The fourth-order valence-corrected chi connectivity index (χ4v) is 8.43. The molecule has 168 valence electrons. The van der Waals surface area contributed by atoms with Gasteiger partial charge in [0.25, 0.3) is 0 Å². The second-order valence-electron chi connectivity index (χ2n) is 10.7. The highest BCUT2D eigenvalue weighted by molar-refractivity contribution is 5.80. The van der Waals surface area contributed by atoms with Crippen molar-refractivity contribution in [3.63, 3.8) is 0 Å². The van der Waals surface area contributed by atoms with Crippen molar-refractivity contribution < 1.29 is 38.4 Å². The van der Waals surface area contributed by atoms with E-state index in [0.29, 0.717) is 6.42 Å². The van der Waals surface area contributed by atoms with E-state index in [4.69, 9.17) is 23.7 Å². The minimum atomic E-state index is -1.19. The summed E-state index contributed by atoms with van der Waals surface area (Å²) in [5.41, 5.74) is -3.09. The number of carbonyl (C=O) groups is 2. The Morgan fingerprint density at radius 1 is 1.33 bits per heavy atom. The molecule has 2 aliphatic carbocycles. The first-order valence-electron chi connectivity index (χ1n) is 11.0. The molecule has 8 heteroatoms. The molecule has 3 heterocycles. The third-order valence-corrected chi connectivity index (χ3v) is 8.76. The minimum Gasteiger partial charge on any atom is -0.459 e. The molecule has 0 amide bonds. The molecule has 0 radical (unpaired) electrons. The molecule has 8 nitrogen and oxygen atoms in total. The normalized spacial score (nSPS) is 53.4. The highest BCUT2D eigenvalue weighted by Crippen LogP contribution is 2.84. The van der Waals surface area contributed by atoms with Crippen molar-refractivity contribution in [1.82, 2.24) is 0 Å². The van der Waals surface area contributed by atoms with E-state index in [-0.39, 0.29) is 17.3 Å². The average molecular weight is 424 g/mol. The van der Waals surface area contributed by atoms with Crippen LogP contribution in [0.3, 0.4) is 0 Å². The van der Waals surface area contributed by atoms with Gasteiger partial charge in [-0.1, -0.05) is 34.1 Å². The summed E-state index contributed by atoms with van der Waals surface area (Å²) in [6.07, 6.45) is -1.89. The van der Waals surface area contributed by atoms with Crippen LogP contribution in [-0.4, -0.2) is 60.6 Å². The highest BCUT2D eigenvalue weighted by Gasteiger charge is 2.96. The van der Waals surface area contributed by atoms with Gasteiger partial charge in [0.05, 0.1) is 10.8 Å². The van der Waals surface area contributed by atoms with Crippen LogP contribution in [0.5, 0.6) is 0 Å². The Hall–Kier alpha value is -1.22. The van der Waals surface area contributed by atoms with Gasteiger partial charge in [-0.2, -0.15) is 0 Å². The van der Waals surface area contributed by atoms with Crippen LogP contribution in [0.25, 0.3) is 0 Å². The summed E-state index contributed by atoms with van der Waals surface area (Å²) in [4.78, 5) is 25.1. The maximum Gasteiger partial charge on any atom is 0.338 e. The molecule has 3 saturated heterocycles. The molecular weight excluding hydrogens is 392 g/mol. The lowest BCUT2D eigenvalue weighted by molar-refractivity contribution is -0.249. The summed E-state index contributed by atoms with van der Waals surface area (Å²) >= 11 is 0. The first kappa shape index (κ1) is 20.7. The van der Waals surface area contributed by atoms with Gasteiger partial charge >= 0.3 is 11.9 Å². The number of rotatable bonds is 3. The molecule has 3 aliphatic heterocycles. The van der Waals surface area contributed by atoms with Crippen LogP contribution in [0.4, 0.5) is 0 Å². The Kier molecular flexibility index (Phi) is 4.11. The van der Waals surface area contributed by atoms with Gasteiger partial charge in [0, 0.05) is 20.0 Å². The second-order valence-corrected chi connectivity index (χ2v) is 10.7. The van der Waals surface area contributed by atoms with E-state index in [1.165, 1.54) is 14.0 Å². The fraction of sp³-hybridized carbons (Fsp3) is 0.909. The summed E-state index contributed by atoms with van der Waals surface area (Å²) in [6.45, 7) is 9.65. The lowest BCUT2D eigenvalue weighted by atomic mass is 9.52. The molecule has 0 aromatic rings. The van der Waals surface area contributed by atoms with E-state index in [1.54, 1.807) is 0 Å². The third kappa shape index (κ3) is 1.86. The maximum atomic E-state index is 13.0. The Balaban J connectivity index is 1.83. The molecule has 0 aromatic heterocycles. The van der Waals surface area contributed by atoms with Crippen molar-refractivity contribution in [1.29, 1.82) is 0 Å².